The number of furan rings is 1. The number of fused-ring (bicyclic) bond motifs is 3. The predicted octanol–water partition coefficient (Wildman–Crippen LogP) is 7.86. The molecule has 0 amide bonds. The molecule has 144 valence electrons. The summed E-state index contributed by atoms with van der Waals surface area (Å²) < 4.78 is 5.96. The zero-order valence-electron chi connectivity index (χ0n) is 16.7. The zero-order valence-corrected chi connectivity index (χ0v) is 17.6. The van der Waals surface area contributed by atoms with Crippen LogP contribution in [-0.2, 0) is 6.42 Å². The van der Waals surface area contributed by atoms with Gasteiger partial charge in [0.15, 0.2) is 0 Å². The largest absolute Gasteiger partial charge is 0.456 e. The minimum atomic E-state index is 0.830. The van der Waals surface area contributed by atoms with E-state index in [2.05, 4.69) is 62.0 Å². The summed E-state index contributed by atoms with van der Waals surface area (Å²) >= 11 is 2.19. The van der Waals surface area contributed by atoms with Crippen molar-refractivity contribution in [2.75, 3.05) is 5.75 Å². The molecule has 1 saturated carbocycles. The minimum absolute atomic E-state index is 0.830. The summed E-state index contributed by atoms with van der Waals surface area (Å²) in [6.07, 6.45) is 9.60. The Morgan fingerprint density at radius 3 is 2.52 bits per heavy atom. The molecule has 0 bridgehead atoms. The van der Waals surface area contributed by atoms with Crippen LogP contribution in [0.1, 0.15) is 57.9 Å². The van der Waals surface area contributed by atoms with Crippen molar-refractivity contribution in [3.8, 4) is 0 Å². The molecule has 0 saturated heterocycles. The van der Waals surface area contributed by atoms with Crippen molar-refractivity contribution in [2.24, 2.45) is 11.8 Å². The van der Waals surface area contributed by atoms with E-state index in [4.69, 9.17) is 4.42 Å². The van der Waals surface area contributed by atoms with Crippen molar-refractivity contribution in [1.82, 2.24) is 0 Å². The third kappa shape index (κ3) is 4.54. The summed E-state index contributed by atoms with van der Waals surface area (Å²) in [6.45, 7) is 4.68. The molecule has 0 aliphatic heterocycles. The van der Waals surface area contributed by atoms with Crippen molar-refractivity contribution in [1.29, 1.82) is 0 Å². The average molecular weight is 381 g/mol. The van der Waals surface area contributed by atoms with E-state index in [1.165, 1.54) is 67.0 Å². The van der Waals surface area contributed by atoms with E-state index in [0.717, 1.165) is 28.3 Å². The Balaban J connectivity index is 1.31. The Morgan fingerprint density at radius 1 is 0.963 bits per heavy atom. The van der Waals surface area contributed by atoms with E-state index in [9.17, 15) is 0 Å². The Labute approximate surface area is 167 Å². The van der Waals surface area contributed by atoms with Crippen LogP contribution in [0.2, 0.25) is 0 Å². The molecule has 0 radical (unpaired) electrons. The maximum atomic E-state index is 5.96. The second-order valence-electron chi connectivity index (χ2n) is 8.41. The minimum Gasteiger partial charge on any atom is -0.456 e. The van der Waals surface area contributed by atoms with Gasteiger partial charge in [0.2, 0.25) is 0 Å². The van der Waals surface area contributed by atoms with E-state index < -0.39 is 0 Å². The summed E-state index contributed by atoms with van der Waals surface area (Å²) in [5, 5.41) is 3.35. The highest BCUT2D eigenvalue weighted by molar-refractivity contribution is 7.99. The molecule has 1 aliphatic rings. The number of para-hydroxylation sites is 1. The molecule has 1 unspecified atom stereocenters. The highest BCUT2D eigenvalue weighted by Crippen LogP contribution is 2.35. The van der Waals surface area contributed by atoms with Crippen LogP contribution in [0, 0.1) is 11.8 Å². The number of hydrogen-bond acceptors (Lipinski definition) is 2. The highest BCUT2D eigenvalue weighted by Gasteiger charge is 2.21. The van der Waals surface area contributed by atoms with Crippen LogP contribution in [0.5, 0.6) is 0 Å². The molecule has 1 aromatic heterocycles. The van der Waals surface area contributed by atoms with Crippen LogP contribution in [0.3, 0.4) is 0 Å². The fraction of sp³-hybridized carbons (Fsp3) is 0.520. The third-order valence-electron chi connectivity index (χ3n) is 6.44. The van der Waals surface area contributed by atoms with Gasteiger partial charge in [-0.3, -0.25) is 0 Å². The van der Waals surface area contributed by atoms with Crippen LogP contribution in [-0.4, -0.2) is 11.0 Å². The van der Waals surface area contributed by atoms with Gasteiger partial charge >= 0.3 is 0 Å². The summed E-state index contributed by atoms with van der Waals surface area (Å²) in [7, 11) is 0. The van der Waals surface area contributed by atoms with E-state index in [0.29, 0.717) is 0 Å². The molecule has 0 spiro atoms. The predicted molar refractivity (Wildman–Crippen MR) is 120 cm³/mol. The van der Waals surface area contributed by atoms with Crippen LogP contribution in [0.15, 0.2) is 46.9 Å². The van der Waals surface area contributed by atoms with E-state index >= 15 is 0 Å². The normalized spacial score (nSPS) is 21.7. The van der Waals surface area contributed by atoms with Gasteiger partial charge in [-0.25, -0.2) is 0 Å². The van der Waals surface area contributed by atoms with Crippen molar-refractivity contribution in [3.05, 3.63) is 48.0 Å². The number of rotatable bonds is 7. The molecule has 3 aromatic rings. The fourth-order valence-electron chi connectivity index (χ4n) is 4.40. The number of aryl methyl sites for hydroxylation is 1. The van der Waals surface area contributed by atoms with Gasteiger partial charge in [-0.05, 0) is 73.5 Å². The highest BCUT2D eigenvalue weighted by atomic mass is 32.2. The van der Waals surface area contributed by atoms with Crippen molar-refractivity contribution >= 4 is 33.7 Å². The first-order valence-corrected chi connectivity index (χ1v) is 11.8. The molecule has 1 aliphatic carbocycles. The summed E-state index contributed by atoms with van der Waals surface area (Å²) in [5.74, 6) is 3.27. The lowest BCUT2D eigenvalue weighted by atomic mass is 9.80. The number of hydrogen-bond donors (Lipinski definition) is 0. The molecule has 2 heteroatoms. The van der Waals surface area contributed by atoms with Gasteiger partial charge in [0, 0.05) is 16.0 Å². The Bertz CT molecular complexity index is 872. The molecule has 4 rings (SSSR count). The Hall–Kier alpha value is -1.41. The monoisotopic (exact) mass is 380 g/mol. The number of benzene rings is 2. The quantitative estimate of drug-likeness (QED) is 0.414. The molecule has 1 atom stereocenters. The second-order valence-corrected chi connectivity index (χ2v) is 9.88. The molecular weight excluding hydrogens is 348 g/mol. The maximum Gasteiger partial charge on any atom is 0.135 e. The smallest absolute Gasteiger partial charge is 0.135 e. The SMILES string of the molecule is CCC(C)SCC1CCC(CCc2ccc3oc4ccccc4c3c2)CC1. The first-order valence-electron chi connectivity index (χ1n) is 10.7. The first kappa shape index (κ1) is 18.9. The third-order valence-corrected chi connectivity index (χ3v) is 8.01. The fourth-order valence-corrected chi connectivity index (χ4v) is 5.57. The van der Waals surface area contributed by atoms with Gasteiger partial charge < -0.3 is 4.42 Å². The lowest BCUT2D eigenvalue weighted by Crippen LogP contribution is -2.17. The summed E-state index contributed by atoms with van der Waals surface area (Å²) in [5.41, 5.74) is 3.47. The number of thioether (sulfide) groups is 1. The van der Waals surface area contributed by atoms with Crippen LogP contribution in [0.25, 0.3) is 21.9 Å². The lowest BCUT2D eigenvalue weighted by Gasteiger charge is -2.29. The molecule has 1 fully saturated rings. The molecule has 0 N–H and O–H groups in total. The zero-order chi connectivity index (χ0) is 18.6. The van der Waals surface area contributed by atoms with Crippen molar-refractivity contribution in [2.45, 2.75) is 64.0 Å². The van der Waals surface area contributed by atoms with Gasteiger partial charge in [-0.15, -0.1) is 0 Å². The summed E-state index contributed by atoms with van der Waals surface area (Å²) in [4.78, 5) is 0. The Kier molecular flexibility index (Phi) is 6.12. The maximum absolute atomic E-state index is 5.96. The van der Waals surface area contributed by atoms with Crippen LogP contribution in [0.4, 0.5) is 0 Å². The standard InChI is InChI=1S/C25H32OS/c1-3-18(2)27-17-21-12-9-19(10-13-21)8-11-20-14-15-25-23(16-20)22-6-4-5-7-24(22)26-25/h4-7,14-16,18-19,21H,3,8-13,17H2,1-2H3. The van der Waals surface area contributed by atoms with Crippen molar-refractivity contribution < 1.29 is 4.42 Å². The van der Waals surface area contributed by atoms with E-state index in [1.54, 1.807) is 0 Å². The van der Waals surface area contributed by atoms with Gasteiger partial charge in [0.05, 0.1) is 0 Å². The first-order chi connectivity index (χ1) is 13.2. The summed E-state index contributed by atoms with van der Waals surface area (Å²) in [6, 6.07) is 15.2. The van der Waals surface area contributed by atoms with Crippen LogP contribution >= 0.6 is 11.8 Å². The molecular formula is C25H32OS. The van der Waals surface area contributed by atoms with Crippen LogP contribution < -0.4 is 0 Å². The van der Waals surface area contributed by atoms with Gasteiger partial charge in [0.25, 0.3) is 0 Å². The van der Waals surface area contributed by atoms with Crippen molar-refractivity contribution in [3.63, 3.8) is 0 Å². The van der Waals surface area contributed by atoms with Gasteiger partial charge in [-0.2, -0.15) is 11.8 Å². The topological polar surface area (TPSA) is 13.1 Å². The molecule has 1 nitrogen and oxygen atoms in total. The average Bonchev–Trinajstić information content (AvgIpc) is 3.09. The second kappa shape index (κ2) is 8.73. The van der Waals surface area contributed by atoms with Gasteiger partial charge in [-0.1, -0.05) is 51.0 Å². The van der Waals surface area contributed by atoms with E-state index in [-0.39, 0.29) is 0 Å². The Morgan fingerprint density at radius 2 is 1.70 bits per heavy atom. The molecule has 2 aromatic carbocycles. The van der Waals surface area contributed by atoms with Gasteiger partial charge in [0.1, 0.15) is 11.2 Å². The van der Waals surface area contributed by atoms with E-state index in [1.807, 2.05) is 6.07 Å². The molecule has 27 heavy (non-hydrogen) atoms. The lowest BCUT2D eigenvalue weighted by molar-refractivity contribution is 0.281. The molecule has 1 heterocycles.